The number of alkyl halides is 3. The quantitative estimate of drug-likeness (QED) is 0.296. The predicted molar refractivity (Wildman–Crippen MR) is 134 cm³/mol. The second-order valence-corrected chi connectivity index (χ2v) is 10.3. The van der Waals surface area contributed by atoms with Gasteiger partial charge in [0.25, 0.3) is 0 Å². The van der Waals surface area contributed by atoms with Crippen LogP contribution in [0.25, 0.3) is 34.0 Å². The normalized spacial score (nSPS) is 21.2. The Morgan fingerprint density at radius 3 is 2.54 bits per heavy atom. The smallest absolute Gasteiger partial charge is 0.364 e. The van der Waals surface area contributed by atoms with E-state index in [1.54, 1.807) is 30.3 Å². The van der Waals surface area contributed by atoms with E-state index in [9.17, 15) is 13.2 Å². The van der Waals surface area contributed by atoms with E-state index >= 15 is 0 Å². The van der Waals surface area contributed by atoms with Crippen molar-refractivity contribution < 1.29 is 26.7 Å². The summed E-state index contributed by atoms with van der Waals surface area (Å²) in [6, 6.07) is 14.3. The van der Waals surface area contributed by atoms with Crippen molar-refractivity contribution in [3.63, 3.8) is 0 Å². The highest BCUT2D eigenvalue weighted by molar-refractivity contribution is 7.09. The van der Waals surface area contributed by atoms with Crippen LogP contribution in [-0.2, 0) is 23.5 Å². The number of benzene rings is 2. The van der Waals surface area contributed by atoms with Crippen molar-refractivity contribution in [2.24, 2.45) is 5.73 Å². The lowest BCUT2D eigenvalue weighted by atomic mass is 9.84. The summed E-state index contributed by atoms with van der Waals surface area (Å²) in [5.74, 6) is 0.00318. The molecule has 3 atom stereocenters. The van der Waals surface area contributed by atoms with Crippen molar-refractivity contribution in [1.29, 1.82) is 0 Å². The van der Waals surface area contributed by atoms with Gasteiger partial charge in [-0.25, -0.2) is 0 Å². The first kappa shape index (κ1) is 24.3. The molecule has 2 heterocycles. The molecule has 0 amide bonds. The van der Waals surface area contributed by atoms with Crippen molar-refractivity contribution in [2.45, 2.75) is 49.7 Å². The van der Waals surface area contributed by atoms with E-state index in [0.29, 0.717) is 36.6 Å². The van der Waals surface area contributed by atoms with Crippen LogP contribution in [0.1, 0.15) is 47.4 Å². The summed E-state index contributed by atoms with van der Waals surface area (Å²) >= 11 is 0. The van der Waals surface area contributed by atoms with Gasteiger partial charge in [-0.2, -0.15) is 13.2 Å². The Morgan fingerprint density at radius 2 is 1.78 bits per heavy atom. The highest BCUT2D eigenvalue weighted by Crippen LogP contribution is 2.47. The molecule has 6 nitrogen and oxygen atoms in total. The third-order valence-corrected chi connectivity index (χ3v) is 7.70. The Balaban J connectivity index is 1.36. The topological polar surface area (TPSA) is 87.3 Å². The molecule has 3 unspecified atom stereocenters. The predicted octanol–water partition coefficient (Wildman–Crippen LogP) is 6.55. The van der Waals surface area contributed by atoms with E-state index < -0.39 is 11.7 Å². The van der Waals surface area contributed by atoms with Gasteiger partial charge in [-0.15, -0.1) is 0 Å². The average molecular weight is 527 g/mol. The summed E-state index contributed by atoms with van der Waals surface area (Å²) < 4.78 is 58.6. The molecular weight excluding hydrogens is 502 g/mol. The lowest BCUT2D eigenvalue weighted by Crippen LogP contribution is -2.40. The molecule has 0 spiro atoms. The van der Waals surface area contributed by atoms with Gasteiger partial charge < -0.3 is 19.3 Å². The molecule has 2 N–H and O–H groups in total. The van der Waals surface area contributed by atoms with Crippen molar-refractivity contribution in [2.75, 3.05) is 6.61 Å². The first-order valence-corrected chi connectivity index (χ1v) is 12.6. The minimum absolute atomic E-state index is 0.00382. The lowest BCUT2D eigenvalue weighted by Gasteiger charge is -2.23. The molecule has 1 fully saturated rings. The highest BCUT2D eigenvalue weighted by Gasteiger charge is 2.43. The number of fused-ring (bicyclic) bond motifs is 3. The number of aryl methyl sites for hydroxylation is 1. The molecule has 37 heavy (non-hydrogen) atoms. The van der Waals surface area contributed by atoms with Crippen LogP contribution in [0.5, 0.6) is 0 Å². The Labute approximate surface area is 213 Å². The van der Waals surface area contributed by atoms with Crippen LogP contribution in [0.15, 0.2) is 57.6 Å². The Hall–Kier alpha value is -3.00. The highest BCUT2D eigenvalue weighted by atomic mass is 31.0. The number of nitrogens with two attached hydrogens (primary N) is 1. The Morgan fingerprint density at radius 1 is 1.03 bits per heavy atom. The molecule has 2 aromatic heterocycles. The van der Waals surface area contributed by atoms with E-state index in [4.69, 9.17) is 19.3 Å². The number of hydrogen-bond donors (Lipinski definition) is 1. The van der Waals surface area contributed by atoms with E-state index in [2.05, 4.69) is 31.9 Å². The van der Waals surface area contributed by atoms with Gasteiger partial charge >= 0.3 is 6.18 Å². The van der Waals surface area contributed by atoms with Crippen LogP contribution in [0, 0.1) is 0 Å². The first-order valence-electron chi connectivity index (χ1n) is 12.1. The van der Waals surface area contributed by atoms with Crippen molar-refractivity contribution in [1.82, 2.24) is 10.3 Å². The van der Waals surface area contributed by atoms with Gasteiger partial charge in [-0.3, -0.25) is 0 Å². The molecule has 2 aliphatic rings. The van der Waals surface area contributed by atoms with Crippen LogP contribution in [0.2, 0.25) is 0 Å². The summed E-state index contributed by atoms with van der Waals surface area (Å²) in [6.07, 6.45) is -0.826. The summed E-state index contributed by atoms with van der Waals surface area (Å²) in [5.41, 5.74) is 9.45. The zero-order chi connectivity index (χ0) is 25.8. The van der Waals surface area contributed by atoms with Crippen molar-refractivity contribution in [3.05, 3.63) is 70.8 Å². The third kappa shape index (κ3) is 4.29. The van der Waals surface area contributed by atoms with Crippen molar-refractivity contribution >= 4 is 9.47 Å². The molecule has 192 valence electrons. The van der Waals surface area contributed by atoms with Crippen LogP contribution in [0.4, 0.5) is 13.2 Å². The van der Waals surface area contributed by atoms with Gasteiger partial charge in [0, 0.05) is 31.7 Å². The monoisotopic (exact) mass is 527 g/mol. The molecule has 0 radical (unpaired) electrons. The van der Waals surface area contributed by atoms with E-state index in [1.807, 2.05) is 6.07 Å². The second-order valence-electron chi connectivity index (χ2n) is 9.97. The zero-order valence-corrected chi connectivity index (χ0v) is 21.0. The molecule has 4 aromatic rings. The first-order chi connectivity index (χ1) is 17.8. The maximum atomic E-state index is 14.2. The van der Waals surface area contributed by atoms with E-state index in [-0.39, 0.29) is 28.3 Å². The van der Waals surface area contributed by atoms with Crippen LogP contribution < -0.4 is 5.73 Å². The van der Waals surface area contributed by atoms with Gasteiger partial charge in [-0.05, 0) is 49.1 Å². The number of hydrogen-bond acceptors (Lipinski definition) is 6. The van der Waals surface area contributed by atoms with Crippen LogP contribution in [0.3, 0.4) is 0 Å². The van der Waals surface area contributed by atoms with Crippen LogP contribution >= 0.6 is 9.47 Å². The minimum atomic E-state index is -4.69. The second kappa shape index (κ2) is 9.08. The minimum Gasteiger partial charge on any atom is -0.364 e. The number of halogens is 3. The fourth-order valence-electron chi connectivity index (χ4n) is 5.74. The average Bonchev–Trinajstić information content (AvgIpc) is 3.60. The third-order valence-electron chi connectivity index (χ3n) is 7.53. The Bertz CT molecular complexity index is 1450. The summed E-state index contributed by atoms with van der Waals surface area (Å²) in [5, 5.41) is 8.00. The molecule has 0 bridgehead atoms. The maximum absolute atomic E-state index is 14.2. The molecule has 6 rings (SSSR count). The molecule has 2 aromatic carbocycles. The fourth-order valence-corrected chi connectivity index (χ4v) is 6.07. The number of nitrogens with zero attached hydrogens (tertiary/aromatic N) is 2. The van der Waals surface area contributed by atoms with Gasteiger partial charge in [0.15, 0.2) is 17.2 Å². The van der Waals surface area contributed by atoms with Crippen LogP contribution in [-0.4, -0.2) is 22.5 Å². The van der Waals surface area contributed by atoms with E-state index in [1.165, 1.54) is 5.56 Å². The zero-order valence-electron chi connectivity index (χ0n) is 19.8. The van der Waals surface area contributed by atoms with E-state index in [0.717, 1.165) is 30.4 Å². The summed E-state index contributed by atoms with van der Waals surface area (Å²) in [7, 11) is 2.27. The molecule has 0 aliphatic heterocycles. The standard InChI is InChI=1S/C27H25F3N3O3P/c28-27(29,30)21-23(33-35-24(21)15-4-2-1-3-5-15)25-20-9-7-17-12-16(6-8-19(17)22(20)32-36-25)18-10-11-26(31,13-18)14-34-37/h1-6,8,12,18H,7,9-11,13-14,31,37H2. The number of aromatic nitrogens is 2. The fraction of sp³-hybridized carbons (Fsp3) is 0.333. The number of rotatable bonds is 5. The molecule has 1 saturated carbocycles. The molecule has 2 aliphatic carbocycles. The molecule has 10 heteroatoms. The lowest BCUT2D eigenvalue weighted by molar-refractivity contribution is -0.136. The largest absolute Gasteiger partial charge is 0.422 e. The van der Waals surface area contributed by atoms with Gasteiger partial charge in [0.2, 0.25) is 0 Å². The Kier molecular flexibility index (Phi) is 5.97. The van der Waals surface area contributed by atoms with Gasteiger partial charge in [0.1, 0.15) is 11.3 Å². The van der Waals surface area contributed by atoms with Gasteiger partial charge in [-0.1, -0.05) is 58.8 Å². The molecule has 0 saturated heterocycles. The van der Waals surface area contributed by atoms with Crippen molar-refractivity contribution in [3.8, 4) is 34.0 Å². The summed E-state index contributed by atoms with van der Waals surface area (Å²) in [6.45, 7) is 0.498. The summed E-state index contributed by atoms with van der Waals surface area (Å²) in [4.78, 5) is 0. The van der Waals surface area contributed by atoms with Gasteiger partial charge in [0.05, 0.1) is 6.61 Å². The maximum Gasteiger partial charge on any atom is 0.422 e. The molecular formula is C27H25F3N3O3P. The SMILES string of the molecule is NC1(COP)CCC(c2ccc3c(c2)CCc2c-3noc2-c2noc(-c3ccccc3)c2C(F)(F)F)C1.